The molecule has 0 fully saturated rings. The Balaban J connectivity index is 1.62. The standard InChI is InChI=1S/C21H19FN6/c1-14(15-2-4-16(22)5-3-15)10-21-26-17(11-18-13-23-8-9-24-18)12-20(27-21)19-6-7-25-28-19/h2-5,7-9,12-14H,6,10-11H2,1H3/t14-/m1/s1. The van der Waals surface area contributed by atoms with E-state index in [0.29, 0.717) is 19.3 Å². The van der Waals surface area contributed by atoms with Crippen molar-refractivity contribution in [1.82, 2.24) is 19.9 Å². The molecule has 7 heteroatoms. The first kappa shape index (κ1) is 18.0. The molecule has 1 aromatic carbocycles. The highest BCUT2D eigenvalue weighted by molar-refractivity contribution is 6.08. The van der Waals surface area contributed by atoms with Gasteiger partial charge in [0.1, 0.15) is 11.6 Å². The van der Waals surface area contributed by atoms with Crippen LogP contribution in [0, 0.1) is 5.82 Å². The van der Waals surface area contributed by atoms with Crippen LogP contribution in [0.3, 0.4) is 0 Å². The molecule has 0 N–H and O–H groups in total. The van der Waals surface area contributed by atoms with E-state index in [0.717, 1.165) is 34.2 Å². The first-order valence-corrected chi connectivity index (χ1v) is 9.13. The number of halogens is 1. The van der Waals surface area contributed by atoms with Crippen molar-refractivity contribution >= 4 is 11.9 Å². The molecule has 3 aromatic rings. The molecule has 140 valence electrons. The summed E-state index contributed by atoms with van der Waals surface area (Å²) in [6.45, 7) is 2.09. The van der Waals surface area contributed by atoms with Crippen LogP contribution in [0.25, 0.3) is 0 Å². The van der Waals surface area contributed by atoms with Crippen LogP contribution in [-0.4, -0.2) is 31.9 Å². The normalized spacial score (nSPS) is 14.1. The fourth-order valence-corrected chi connectivity index (χ4v) is 3.11. The molecule has 0 saturated heterocycles. The van der Waals surface area contributed by atoms with Gasteiger partial charge in [-0.2, -0.15) is 10.2 Å². The Hall–Kier alpha value is -3.35. The van der Waals surface area contributed by atoms with Crippen LogP contribution in [0.15, 0.2) is 59.1 Å². The van der Waals surface area contributed by atoms with Crippen molar-refractivity contribution in [2.24, 2.45) is 10.2 Å². The quantitative estimate of drug-likeness (QED) is 0.661. The topological polar surface area (TPSA) is 76.3 Å². The van der Waals surface area contributed by atoms with Crippen molar-refractivity contribution in [3.05, 3.63) is 83.2 Å². The summed E-state index contributed by atoms with van der Waals surface area (Å²) in [5.41, 5.74) is 4.37. The number of benzene rings is 1. The van der Waals surface area contributed by atoms with Gasteiger partial charge in [-0.15, -0.1) is 0 Å². The third kappa shape index (κ3) is 4.31. The summed E-state index contributed by atoms with van der Waals surface area (Å²) < 4.78 is 13.2. The van der Waals surface area contributed by atoms with E-state index in [9.17, 15) is 4.39 Å². The van der Waals surface area contributed by atoms with Crippen LogP contribution in [0.1, 0.15) is 47.7 Å². The van der Waals surface area contributed by atoms with E-state index >= 15 is 0 Å². The lowest BCUT2D eigenvalue weighted by atomic mass is 9.97. The van der Waals surface area contributed by atoms with Gasteiger partial charge < -0.3 is 0 Å². The molecule has 1 atom stereocenters. The van der Waals surface area contributed by atoms with Crippen LogP contribution in [-0.2, 0) is 12.8 Å². The van der Waals surface area contributed by atoms with Gasteiger partial charge in [-0.1, -0.05) is 19.1 Å². The van der Waals surface area contributed by atoms with Gasteiger partial charge in [-0.3, -0.25) is 9.97 Å². The monoisotopic (exact) mass is 374 g/mol. The molecule has 1 aliphatic heterocycles. The maximum Gasteiger partial charge on any atom is 0.129 e. The Bertz CT molecular complexity index is 1010. The van der Waals surface area contributed by atoms with E-state index in [-0.39, 0.29) is 11.7 Å². The fourth-order valence-electron chi connectivity index (χ4n) is 3.11. The number of hydrogen-bond acceptors (Lipinski definition) is 6. The zero-order valence-electron chi connectivity index (χ0n) is 15.5. The number of nitrogens with zero attached hydrogens (tertiary/aromatic N) is 6. The predicted molar refractivity (Wildman–Crippen MR) is 105 cm³/mol. The van der Waals surface area contributed by atoms with Gasteiger partial charge in [0, 0.05) is 44.1 Å². The minimum absolute atomic E-state index is 0.155. The van der Waals surface area contributed by atoms with Gasteiger partial charge in [-0.25, -0.2) is 14.4 Å². The maximum atomic E-state index is 13.2. The number of rotatable bonds is 6. The second kappa shape index (κ2) is 8.12. The summed E-state index contributed by atoms with van der Waals surface area (Å²) in [6.07, 6.45) is 8.68. The summed E-state index contributed by atoms with van der Waals surface area (Å²) in [5.74, 6) is 0.643. The fraction of sp³-hybridized carbons (Fsp3) is 0.238. The Morgan fingerprint density at radius 2 is 1.93 bits per heavy atom. The molecule has 2 aromatic heterocycles. The zero-order chi connectivity index (χ0) is 19.3. The Morgan fingerprint density at radius 3 is 2.64 bits per heavy atom. The maximum absolute atomic E-state index is 13.2. The molecule has 0 bridgehead atoms. The molecule has 0 unspecified atom stereocenters. The SMILES string of the molecule is C[C@H](Cc1nc(Cc2cnccn2)cc(C2=NN=CC2)n1)c1ccc(F)cc1. The van der Waals surface area contributed by atoms with Crippen molar-refractivity contribution in [2.45, 2.75) is 32.1 Å². The molecule has 6 nitrogen and oxygen atoms in total. The molecular formula is C21H19FN6. The first-order chi connectivity index (χ1) is 13.7. The molecule has 0 saturated carbocycles. The van der Waals surface area contributed by atoms with Gasteiger partial charge in [0.25, 0.3) is 0 Å². The second-order valence-corrected chi connectivity index (χ2v) is 6.74. The smallest absolute Gasteiger partial charge is 0.129 e. The Morgan fingerprint density at radius 1 is 1.07 bits per heavy atom. The highest BCUT2D eigenvalue weighted by Gasteiger charge is 2.15. The molecular weight excluding hydrogens is 355 g/mol. The minimum atomic E-state index is -0.236. The number of hydrogen-bond donors (Lipinski definition) is 0. The van der Waals surface area contributed by atoms with Crippen LogP contribution < -0.4 is 0 Å². The van der Waals surface area contributed by atoms with E-state index in [4.69, 9.17) is 9.97 Å². The van der Waals surface area contributed by atoms with Gasteiger partial charge in [-0.05, 0) is 29.7 Å². The van der Waals surface area contributed by atoms with E-state index in [2.05, 4.69) is 27.1 Å². The summed E-state index contributed by atoms with van der Waals surface area (Å²) in [4.78, 5) is 17.9. The van der Waals surface area contributed by atoms with Crippen molar-refractivity contribution in [3.8, 4) is 0 Å². The zero-order valence-corrected chi connectivity index (χ0v) is 15.5. The summed E-state index contributed by atoms with van der Waals surface area (Å²) >= 11 is 0. The van der Waals surface area contributed by atoms with E-state index in [1.165, 1.54) is 12.1 Å². The van der Waals surface area contributed by atoms with Crippen LogP contribution >= 0.6 is 0 Å². The predicted octanol–water partition coefficient (Wildman–Crippen LogP) is 3.52. The first-order valence-electron chi connectivity index (χ1n) is 9.13. The van der Waals surface area contributed by atoms with Gasteiger partial charge in [0.15, 0.2) is 0 Å². The number of aromatic nitrogens is 4. The third-order valence-electron chi connectivity index (χ3n) is 4.57. The average Bonchev–Trinajstić information content (AvgIpc) is 3.24. The van der Waals surface area contributed by atoms with Crippen molar-refractivity contribution in [2.75, 3.05) is 0 Å². The molecule has 0 amide bonds. The third-order valence-corrected chi connectivity index (χ3v) is 4.57. The highest BCUT2D eigenvalue weighted by atomic mass is 19.1. The van der Waals surface area contributed by atoms with Gasteiger partial charge in [0.2, 0.25) is 0 Å². The highest BCUT2D eigenvalue weighted by Crippen LogP contribution is 2.20. The van der Waals surface area contributed by atoms with Crippen molar-refractivity contribution in [3.63, 3.8) is 0 Å². The minimum Gasteiger partial charge on any atom is -0.261 e. The van der Waals surface area contributed by atoms with Crippen LogP contribution in [0.5, 0.6) is 0 Å². The second-order valence-electron chi connectivity index (χ2n) is 6.74. The lowest BCUT2D eigenvalue weighted by molar-refractivity contribution is 0.624. The molecule has 1 aliphatic rings. The summed E-state index contributed by atoms with van der Waals surface area (Å²) in [5, 5.41) is 8.11. The van der Waals surface area contributed by atoms with E-state index in [1.807, 2.05) is 6.07 Å². The average molecular weight is 374 g/mol. The van der Waals surface area contributed by atoms with Crippen LogP contribution in [0.2, 0.25) is 0 Å². The van der Waals surface area contributed by atoms with Crippen LogP contribution in [0.4, 0.5) is 4.39 Å². The summed E-state index contributed by atoms with van der Waals surface area (Å²) in [6, 6.07) is 8.51. The molecule has 28 heavy (non-hydrogen) atoms. The van der Waals surface area contributed by atoms with Gasteiger partial charge in [0.05, 0.1) is 22.8 Å². The Labute approximate surface area is 162 Å². The largest absolute Gasteiger partial charge is 0.261 e. The summed E-state index contributed by atoms with van der Waals surface area (Å²) in [7, 11) is 0. The molecule has 0 aliphatic carbocycles. The molecule has 0 spiro atoms. The van der Waals surface area contributed by atoms with Crippen molar-refractivity contribution in [1.29, 1.82) is 0 Å². The molecule has 4 rings (SSSR count). The van der Waals surface area contributed by atoms with E-state index in [1.54, 1.807) is 36.9 Å². The van der Waals surface area contributed by atoms with E-state index < -0.39 is 0 Å². The lowest BCUT2D eigenvalue weighted by Gasteiger charge is -2.13. The Kier molecular flexibility index (Phi) is 5.23. The lowest BCUT2D eigenvalue weighted by Crippen LogP contribution is -2.11. The molecule has 0 radical (unpaired) electrons. The molecule has 3 heterocycles. The van der Waals surface area contributed by atoms with Gasteiger partial charge >= 0.3 is 0 Å². The van der Waals surface area contributed by atoms with Crippen molar-refractivity contribution < 1.29 is 4.39 Å².